The minimum Gasteiger partial charge on any atom is -0.506 e. The number of aromatic hydroxyl groups is 1. The third-order valence-corrected chi connectivity index (χ3v) is 3.26. The molecule has 1 N–H and O–H groups in total. The Morgan fingerprint density at radius 1 is 1.06 bits per heavy atom. The third kappa shape index (κ3) is 1.81. The van der Waals surface area contributed by atoms with Gasteiger partial charge < -0.3 is 5.11 Å². The van der Waals surface area contributed by atoms with Crippen molar-refractivity contribution in [3.05, 3.63) is 59.9 Å². The molecule has 3 heteroatoms. The Balaban J connectivity index is 2.28. The number of hydrogen-bond acceptors (Lipinski definition) is 2. The Hall–Kier alpha value is -2.06. The molecular formula is C15H10ClNO. The van der Waals surface area contributed by atoms with Crippen molar-refractivity contribution in [1.29, 1.82) is 0 Å². The number of rotatable bonds is 1. The van der Waals surface area contributed by atoms with Crippen molar-refractivity contribution in [2.45, 2.75) is 0 Å². The van der Waals surface area contributed by atoms with Gasteiger partial charge in [0, 0.05) is 17.8 Å². The summed E-state index contributed by atoms with van der Waals surface area (Å²) in [5.74, 6) is 0.0974. The fraction of sp³-hybridized carbons (Fsp3) is 0. The molecule has 0 saturated heterocycles. The van der Waals surface area contributed by atoms with E-state index >= 15 is 0 Å². The highest BCUT2D eigenvalue weighted by Crippen LogP contribution is 2.33. The van der Waals surface area contributed by atoms with Crippen molar-refractivity contribution in [2.24, 2.45) is 0 Å². The van der Waals surface area contributed by atoms with E-state index in [4.69, 9.17) is 11.6 Å². The summed E-state index contributed by atoms with van der Waals surface area (Å²) in [6, 6.07) is 13.3. The summed E-state index contributed by atoms with van der Waals surface area (Å²) in [7, 11) is 0. The minimum atomic E-state index is 0.0974. The van der Waals surface area contributed by atoms with Gasteiger partial charge in [-0.25, -0.2) is 0 Å². The molecule has 0 spiro atoms. The molecule has 88 valence electrons. The predicted molar refractivity (Wildman–Crippen MR) is 73.9 cm³/mol. The maximum Gasteiger partial charge on any atom is 0.134 e. The third-order valence-electron chi connectivity index (χ3n) is 2.94. The molecule has 0 unspecified atom stereocenters. The molecule has 0 bridgehead atoms. The number of phenolic OH excluding ortho intramolecular Hbond substituents is 1. The predicted octanol–water partition coefficient (Wildman–Crippen LogP) is 4.26. The number of aromatic nitrogens is 1. The van der Waals surface area contributed by atoms with Gasteiger partial charge in [-0.3, -0.25) is 4.98 Å². The van der Waals surface area contributed by atoms with E-state index in [1.165, 1.54) is 0 Å². The highest BCUT2D eigenvalue weighted by atomic mass is 35.5. The van der Waals surface area contributed by atoms with Gasteiger partial charge in [0.25, 0.3) is 0 Å². The topological polar surface area (TPSA) is 33.1 Å². The molecule has 1 aromatic heterocycles. The normalized spacial score (nSPS) is 10.7. The number of halogens is 1. The molecule has 0 aliphatic rings. The van der Waals surface area contributed by atoms with Crippen LogP contribution in [0.25, 0.3) is 21.9 Å². The van der Waals surface area contributed by atoms with Crippen molar-refractivity contribution >= 4 is 22.4 Å². The monoisotopic (exact) mass is 255 g/mol. The van der Waals surface area contributed by atoms with Crippen LogP contribution < -0.4 is 0 Å². The van der Waals surface area contributed by atoms with Crippen molar-refractivity contribution in [1.82, 2.24) is 4.98 Å². The lowest BCUT2D eigenvalue weighted by Crippen LogP contribution is -1.82. The number of phenols is 1. The largest absolute Gasteiger partial charge is 0.506 e. The maximum atomic E-state index is 9.69. The number of pyridine rings is 1. The molecule has 2 aromatic carbocycles. The fourth-order valence-electron chi connectivity index (χ4n) is 2.05. The van der Waals surface area contributed by atoms with Crippen molar-refractivity contribution in [2.75, 3.05) is 0 Å². The second-order valence-corrected chi connectivity index (χ2v) is 4.48. The lowest BCUT2D eigenvalue weighted by atomic mass is 9.99. The summed E-state index contributed by atoms with van der Waals surface area (Å²) in [6.45, 7) is 0. The Morgan fingerprint density at radius 3 is 2.78 bits per heavy atom. The molecule has 0 fully saturated rings. The molecule has 2 nitrogen and oxygen atoms in total. The standard InChI is InChI=1S/C15H10ClNO/c16-14-5-4-10(8-15(14)18)12-3-1-2-11-9-17-7-6-13(11)12/h1-9,18H. The highest BCUT2D eigenvalue weighted by molar-refractivity contribution is 6.32. The first-order chi connectivity index (χ1) is 8.75. The van der Waals surface area contributed by atoms with E-state index in [0.717, 1.165) is 21.9 Å². The Labute approximate surface area is 109 Å². The van der Waals surface area contributed by atoms with Crippen LogP contribution in [0.5, 0.6) is 5.75 Å². The van der Waals surface area contributed by atoms with E-state index in [9.17, 15) is 5.11 Å². The van der Waals surface area contributed by atoms with Gasteiger partial charge in [0.15, 0.2) is 0 Å². The highest BCUT2D eigenvalue weighted by Gasteiger charge is 2.06. The smallest absolute Gasteiger partial charge is 0.134 e. The van der Waals surface area contributed by atoms with E-state index in [-0.39, 0.29) is 5.75 Å². The number of nitrogens with zero attached hydrogens (tertiary/aromatic N) is 1. The van der Waals surface area contributed by atoms with Crippen LogP contribution in [0.4, 0.5) is 0 Å². The zero-order chi connectivity index (χ0) is 12.5. The zero-order valence-corrected chi connectivity index (χ0v) is 10.2. The Kier molecular flexibility index (Phi) is 2.65. The molecule has 0 amide bonds. The molecule has 0 aliphatic carbocycles. The SMILES string of the molecule is Oc1cc(-c2cccc3cnccc23)ccc1Cl. The lowest BCUT2D eigenvalue weighted by molar-refractivity contribution is 0.476. The summed E-state index contributed by atoms with van der Waals surface area (Å²) in [6.07, 6.45) is 3.59. The first-order valence-corrected chi connectivity index (χ1v) is 5.95. The second-order valence-electron chi connectivity index (χ2n) is 4.07. The average molecular weight is 256 g/mol. The number of hydrogen-bond donors (Lipinski definition) is 1. The summed E-state index contributed by atoms with van der Waals surface area (Å²) in [4.78, 5) is 4.11. The van der Waals surface area contributed by atoms with Crippen LogP contribution in [-0.4, -0.2) is 10.1 Å². The van der Waals surface area contributed by atoms with Crippen LogP contribution in [0.15, 0.2) is 54.9 Å². The quantitative estimate of drug-likeness (QED) is 0.705. The molecule has 0 atom stereocenters. The minimum absolute atomic E-state index is 0.0974. The van der Waals surface area contributed by atoms with E-state index in [2.05, 4.69) is 4.98 Å². The Morgan fingerprint density at radius 2 is 1.94 bits per heavy atom. The van der Waals surface area contributed by atoms with Crippen LogP contribution in [0.2, 0.25) is 5.02 Å². The summed E-state index contributed by atoms with van der Waals surface area (Å²) in [5.41, 5.74) is 2.00. The van der Waals surface area contributed by atoms with Gasteiger partial charge in [-0.15, -0.1) is 0 Å². The van der Waals surface area contributed by atoms with E-state index in [1.54, 1.807) is 18.3 Å². The van der Waals surface area contributed by atoms with Gasteiger partial charge in [-0.2, -0.15) is 0 Å². The molecule has 0 saturated carbocycles. The van der Waals surface area contributed by atoms with Crippen molar-refractivity contribution in [3.63, 3.8) is 0 Å². The van der Waals surface area contributed by atoms with Gasteiger partial charge in [-0.05, 0) is 34.7 Å². The summed E-state index contributed by atoms with van der Waals surface area (Å²) >= 11 is 5.83. The van der Waals surface area contributed by atoms with Crippen molar-refractivity contribution in [3.8, 4) is 16.9 Å². The van der Waals surface area contributed by atoms with Crippen LogP contribution in [0.3, 0.4) is 0 Å². The van der Waals surface area contributed by atoms with Gasteiger partial charge in [0.1, 0.15) is 5.75 Å². The molecule has 1 heterocycles. The molecular weight excluding hydrogens is 246 g/mol. The lowest BCUT2D eigenvalue weighted by Gasteiger charge is -2.07. The fourth-order valence-corrected chi connectivity index (χ4v) is 2.17. The second kappa shape index (κ2) is 4.31. The molecule has 0 radical (unpaired) electrons. The first kappa shape index (κ1) is 11.1. The average Bonchev–Trinajstić information content (AvgIpc) is 2.41. The van der Waals surface area contributed by atoms with Crippen LogP contribution in [0, 0.1) is 0 Å². The van der Waals surface area contributed by atoms with Crippen LogP contribution >= 0.6 is 11.6 Å². The Bertz CT molecular complexity index is 719. The van der Waals surface area contributed by atoms with Gasteiger partial charge in [0.2, 0.25) is 0 Å². The van der Waals surface area contributed by atoms with E-state index in [1.807, 2.05) is 36.5 Å². The first-order valence-electron chi connectivity index (χ1n) is 5.57. The van der Waals surface area contributed by atoms with Crippen LogP contribution in [-0.2, 0) is 0 Å². The molecule has 0 aliphatic heterocycles. The summed E-state index contributed by atoms with van der Waals surface area (Å²) < 4.78 is 0. The molecule has 18 heavy (non-hydrogen) atoms. The number of fused-ring (bicyclic) bond motifs is 1. The van der Waals surface area contributed by atoms with Crippen molar-refractivity contribution < 1.29 is 5.11 Å². The zero-order valence-electron chi connectivity index (χ0n) is 9.47. The number of benzene rings is 2. The van der Waals surface area contributed by atoms with Gasteiger partial charge in [0.05, 0.1) is 5.02 Å². The molecule has 3 aromatic rings. The van der Waals surface area contributed by atoms with Crippen LogP contribution in [0.1, 0.15) is 0 Å². The summed E-state index contributed by atoms with van der Waals surface area (Å²) in [5, 5.41) is 12.2. The van der Waals surface area contributed by atoms with E-state index in [0.29, 0.717) is 5.02 Å². The molecule has 3 rings (SSSR count). The van der Waals surface area contributed by atoms with Gasteiger partial charge >= 0.3 is 0 Å². The van der Waals surface area contributed by atoms with E-state index < -0.39 is 0 Å². The maximum absolute atomic E-state index is 9.69. The van der Waals surface area contributed by atoms with Gasteiger partial charge in [-0.1, -0.05) is 35.9 Å².